The highest BCUT2D eigenvalue weighted by molar-refractivity contribution is 5.67. The second-order valence-electron chi connectivity index (χ2n) is 7.57. The number of hydrogen-bond donors (Lipinski definition) is 1. The maximum atomic E-state index is 11.8. The fourth-order valence-corrected chi connectivity index (χ4v) is 2.88. The molecule has 1 aliphatic rings. The highest BCUT2D eigenvalue weighted by Gasteiger charge is 2.23. The first kappa shape index (κ1) is 18.5. The molecule has 6 nitrogen and oxygen atoms in total. The number of fused-ring (bicyclic) bond motifs is 1. The summed E-state index contributed by atoms with van der Waals surface area (Å²) in [4.78, 5) is 23.2. The van der Waals surface area contributed by atoms with E-state index in [-0.39, 0.29) is 12.1 Å². The van der Waals surface area contributed by atoms with Crippen LogP contribution in [0.2, 0.25) is 0 Å². The zero-order chi connectivity index (χ0) is 17.9. The SMILES string of the molecule is Cc1nc2c(c(N(C)C(C)CNC(=O)OC(C)(C)C)n1)CCCC2. The molecule has 1 heterocycles. The molecule has 0 aliphatic heterocycles. The van der Waals surface area contributed by atoms with Crippen molar-refractivity contribution in [1.29, 1.82) is 0 Å². The van der Waals surface area contributed by atoms with Crippen LogP contribution >= 0.6 is 0 Å². The van der Waals surface area contributed by atoms with Crippen LogP contribution in [0.15, 0.2) is 0 Å². The van der Waals surface area contributed by atoms with Crippen LogP contribution in [-0.2, 0) is 17.6 Å². The number of carbonyl (C=O) groups excluding carboxylic acids is 1. The van der Waals surface area contributed by atoms with Gasteiger partial charge in [-0.1, -0.05) is 0 Å². The number of aryl methyl sites for hydroxylation is 2. The predicted molar refractivity (Wildman–Crippen MR) is 95.5 cm³/mol. The number of nitrogens with one attached hydrogen (secondary N) is 1. The Morgan fingerprint density at radius 2 is 1.96 bits per heavy atom. The van der Waals surface area contributed by atoms with Gasteiger partial charge < -0.3 is 15.0 Å². The summed E-state index contributed by atoms with van der Waals surface area (Å²) in [7, 11) is 2.03. The van der Waals surface area contributed by atoms with Gasteiger partial charge in [-0.2, -0.15) is 0 Å². The van der Waals surface area contributed by atoms with Gasteiger partial charge in [0.1, 0.15) is 17.2 Å². The quantitative estimate of drug-likeness (QED) is 0.917. The number of aromatic nitrogens is 2. The number of likely N-dealkylation sites (N-methyl/N-ethyl adjacent to an activating group) is 1. The van der Waals surface area contributed by atoms with Gasteiger partial charge >= 0.3 is 6.09 Å². The number of amides is 1. The van der Waals surface area contributed by atoms with Gasteiger partial charge in [-0.05, 0) is 60.3 Å². The summed E-state index contributed by atoms with van der Waals surface area (Å²) in [6.45, 7) is 10.1. The first-order valence-corrected chi connectivity index (χ1v) is 8.73. The van der Waals surface area contributed by atoms with Gasteiger partial charge in [0.05, 0.1) is 0 Å². The summed E-state index contributed by atoms with van der Waals surface area (Å²) >= 11 is 0. The molecule has 1 aromatic rings. The van der Waals surface area contributed by atoms with Crippen molar-refractivity contribution in [2.45, 2.75) is 71.9 Å². The van der Waals surface area contributed by atoms with Crippen molar-refractivity contribution in [3.63, 3.8) is 0 Å². The third-order valence-electron chi connectivity index (χ3n) is 4.21. The molecule has 6 heteroatoms. The molecular weight excluding hydrogens is 304 g/mol. The Morgan fingerprint density at radius 1 is 1.29 bits per heavy atom. The van der Waals surface area contributed by atoms with Crippen LogP contribution in [0.5, 0.6) is 0 Å². The van der Waals surface area contributed by atoms with Gasteiger partial charge in [-0.25, -0.2) is 14.8 Å². The maximum Gasteiger partial charge on any atom is 0.407 e. The fourth-order valence-electron chi connectivity index (χ4n) is 2.88. The number of rotatable bonds is 4. The molecule has 2 rings (SSSR count). The summed E-state index contributed by atoms with van der Waals surface area (Å²) in [6.07, 6.45) is 4.06. The van der Waals surface area contributed by atoms with E-state index in [0.717, 1.165) is 24.5 Å². The summed E-state index contributed by atoms with van der Waals surface area (Å²) in [5, 5.41) is 2.84. The Morgan fingerprint density at radius 3 is 2.62 bits per heavy atom. The predicted octanol–water partition coefficient (Wildman–Crippen LogP) is 3.01. The topological polar surface area (TPSA) is 67.4 Å². The van der Waals surface area contributed by atoms with E-state index >= 15 is 0 Å². The van der Waals surface area contributed by atoms with Crippen molar-refractivity contribution in [2.75, 3.05) is 18.5 Å². The van der Waals surface area contributed by atoms with E-state index in [4.69, 9.17) is 4.74 Å². The third kappa shape index (κ3) is 4.82. The maximum absolute atomic E-state index is 11.8. The molecule has 1 N–H and O–H groups in total. The Hall–Kier alpha value is -1.85. The van der Waals surface area contributed by atoms with Crippen LogP contribution in [0.1, 0.15) is 57.6 Å². The van der Waals surface area contributed by atoms with Crippen LogP contribution in [0.25, 0.3) is 0 Å². The van der Waals surface area contributed by atoms with E-state index in [2.05, 4.69) is 27.1 Å². The Balaban J connectivity index is 2.04. The molecule has 1 unspecified atom stereocenters. The smallest absolute Gasteiger partial charge is 0.407 e. The van der Waals surface area contributed by atoms with Gasteiger partial charge in [0.25, 0.3) is 0 Å². The van der Waals surface area contributed by atoms with Crippen LogP contribution in [-0.4, -0.2) is 41.3 Å². The molecule has 1 atom stereocenters. The molecule has 1 aliphatic carbocycles. The number of alkyl carbamates (subject to hydrolysis) is 1. The first-order valence-electron chi connectivity index (χ1n) is 8.73. The molecule has 134 valence electrons. The lowest BCUT2D eigenvalue weighted by Gasteiger charge is -2.30. The van der Waals surface area contributed by atoms with E-state index < -0.39 is 5.60 Å². The number of anilines is 1. The Kier molecular flexibility index (Phi) is 5.67. The van der Waals surface area contributed by atoms with Crippen LogP contribution in [0.4, 0.5) is 10.6 Å². The molecule has 0 aromatic carbocycles. The monoisotopic (exact) mass is 334 g/mol. The molecule has 0 saturated heterocycles. The second kappa shape index (κ2) is 7.36. The minimum atomic E-state index is -0.484. The van der Waals surface area contributed by atoms with Gasteiger partial charge in [-0.15, -0.1) is 0 Å². The van der Waals surface area contributed by atoms with E-state index in [9.17, 15) is 4.79 Å². The summed E-state index contributed by atoms with van der Waals surface area (Å²) in [5.41, 5.74) is 1.96. The van der Waals surface area contributed by atoms with E-state index in [1.54, 1.807) is 0 Å². The standard InChI is InChI=1S/C18H30N4O2/c1-12(11-19-17(23)24-18(3,4)5)22(6)16-14-9-7-8-10-15(14)20-13(2)21-16/h12H,7-11H2,1-6H3,(H,19,23). The van der Waals surface area contributed by atoms with E-state index in [1.165, 1.54) is 24.1 Å². The molecule has 0 radical (unpaired) electrons. The van der Waals surface area contributed by atoms with Crippen molar-refractivity contribution in [3.05, 3.63) is 17.1 Å². The van der Waals surface area contributed by atoms with Crippen molar-refractivity contribution in [3.8, 4) is 0 Å². The molecule has 0 spiro atoms. The molecule has 24 heavy (non-hydrogen) atoms. The highest BCUT2D eigenvalue weighted by Crippen LogP contribution is 2.28. The van der Waals surface area contributed by atoms with Crippen LogP contribution in [0, 0.1) is 6.92 Å². The van der Waals surface area contributed by atoms with Crippen molar-refractivity contribution in [1.82, 2.24) is 15.3 Å². The zero-order valence-electron chi connectivity index (χ0n) is 15.8. The molecule has 0 bridgehead atoms. The normalized spacial score (nSPS) is 15.4. The van der Waals surface area contributed by atoms with Crippen molar-refractivity contribution in [2.24, 2.45) is 0 Å². The van der Waals surface area contributed by atoms with Crippen molar-refractivity contribution >= 4 is 11.9 Å². The summed E-state index contributed by atoms with van der Waals surface area (Å²) in [5.74, 6) is 1.81. The lowest BCUT2D eigenvalue weighted by atomic mass is 9.96. The average molecular weight is 334 g/mol. The van der Waals surface area contributed by atoms with E-state index in [1.807, 2.05) is 34.7 Å². The van der Waals surface area contributed by atoms with Gasteiger partial charge in [0, 0.05) is 30.9 Å². The number of hydrogen-bond acceptors (Lipinski definition) is 5. The largest absolute Gasteiger partial charge is 0.444 e. The summed E-state index contributed by atoms with van der Waals surface area (Å²) in [6, 6.07) is 0.109. The Labute approximate surface area is 145 Å². The zero-order valence-corrected chi connectivity index (χ0v) is 15.8. The second-order valence-corrected chi connectivity index (χ2v) is 7.57. The molecular formula is C18H30N4O2. The lowest BCUT2D eigenvalue weighted by molar-refractivity contribution is 0.0525. The van der Waals surface area contributed by atoms with Gasteiger partial charge in [0.15, 0.2) is 0 Å². The van der Waals surface area contributed by atoms with Crippen LogP contribution < -0.4 is 10.2 Å². The number of nitrogens with zero attached hydrogens (tertiary/aromatic N) is 3. The Bertz CT molecular complexity index is 595. The summed E-state index contributed by atoms with van der Waals surface area (Å²) < 4.78 is 5.29. The van der Waals surface area contributed by atoms with Crippen molar-refractivity contribution < 1.29 is 9.53 Å². The third-order valence-corrected chi connectivity index (χ3v) is 4.21. The number of carbonyl (C=O) groups is 1. The van der Waals surface area contributed by atoms with Crippen LogP contribution in [0.3, 0.4) is 0 Å². The molecule has 1 amide bonds. The minimum absolute atomic E-state index is 0.109. The average Bonchev–Trinajstić information content (AvgIpc) is 2.49. The molecule has 1 aromatic heterocycles. The molecule has 0 fully saturated rings. The van der Waals surface area contributed by atoms with Gasteiger partial charge in [0.2, 0.25) is 0 Å². The first-order chi connectivity index (χ1) is 11.2. The molecule has 0 saturated carbocycles. The minimum Gasteiger partial charge on any atom is -0.444 e. The highest BCUT2D eigenvalue weighted by atomic mass is 16.6. The van der Waals surface area contributed by atoms with E-state index in [0.29, 0.717) is 6.54 Å². The fraction of sp³-hybridized carbons (Fsp3) is 0.722. The van der Waals surface area contributed by atoms with Gasteiger partial charge in [-0.3, -0.25) is 0 Å². The number of ether oxygens (including phenoxy) is 1. The lowest BCUT2D eigenvalue weighted by Crippen LogP contribution is -2.43.